The summed E-state index contributed by atoms with van der Waals surface area (Å²) >= 11 is 5.74. The fraction of sp³-hybridized carbons (Fsp3) is 0.429. The molecule has 0 N–H and O–H groups in total. The Morgan fingerprint density at radius 1 is 1.26 bits per heavy atom. The summed E-state index contributed by atoms with van der Waals surface area (Å²) in [6.07, 6.45) is -0.304. The molecule has 0 atom stereocenters. The predicted molar refractivity (Wildman–Crippen MR) is 72.3 cm³/mol. The van der Waals surface area contributed by atoms with Gasteiger partial charge in [-0.1, -0.05) is 38.4 Å². The van der Waals surface area contributed by atoms with E-state index in [1.807, 2.05) is 20.8 Å². The third-order valence-corrected chi connectivity index (χ3v) is 2.54. The number of benzene rings is 1. The second kappa shape index (κ2) is 6.57. The maximum Gasteiger partial charge on any atom is 0.516 e. The second-order valence-corrected chi connectivity index (χ2v) is 5.75. The van der Waals surface area contributed by atoms with E-state index in [1.54, 1.807) is 12.1 Å². The van der Waals surface area contributed by atoms with Crippen molar-refractivity contribution in [2.75, 3.05) is 6.61 Å². The molecule has 0 aliphatic carbocycles. The van der Waals surface area contributed by atoms with Crippen molar-refractivity contribution in [1.82, 2.24) is 0 Å². The van der Waals surface area contributed by atoms with Crippen LogP contribution in [0.1, 0.15) is 37.6 Å². The minimum Gasteiger partial charge on any atom is -0.434 e. The molecule has 1 aromatic carbocycles. The highest BCUT2D eigenvalue weighted by Gasteiger charge is 2.16. The molecule has 0 radical (unpaired) electrons. The van der Waals surface area contributed by atoms with Crippen LogP contribution < -0.4 is 0 Å². The summed E-state index contributed by atoms with van der Waals surface area (Å²) in [5.41, 5.74) is 0.261. The molecule has 0 saturated carbocycles. The number of hydrogen-bond donors (Lipinski definition) is 0. The fourth-order valence-electron chi connectivity index (χ4n) is 1.22. The van der Waals surface area contributed by atoms with E-state index in [9.17, 15) is 9.59 Å². The number of hydrogen-bond acceptors (Lipinski definition) is 4. The minimum atomic E-state index is -0.991. The van der Waals surface area contributed by atoms with Crippen LogP contribution in [0.5, 0.6) is 0 Å². The van der Waals surface area contributed by atoms with Crippen LogP contribution in [0.25, 0.3) is 0 Å². The van der Waals surface area contributed by atoms with Crippen LogP contribution in [0.4, 0.5) is 4.79 Å². The highest BCUT2D eigenvalue weighted by molar-refractivity contribution is 6.30. The molecule has 5 heteroatoms. The quantitative estimate of drug-likeness (QED) is 0.620. The minimum absolute atomic E-state index is 0.0528. The first-order valence-corrected chi connectivity index (χ1v) is 6.30. The van der Waals surface area contributed by atoms with E-state index in [0.29, 0.717) is 11.4 Å². The van der Waals surface area contributed by atoms with Gasteiger partial charge in [0.15, 0.2) is 0 Å². The summed E-state index contributed by atoms with van der Waals surface area (Å²) in [5, 5.41) is 0.399. The van der Waals surface area contributed by atoms with E-state index in [0.717, 1.165) is 0 Å². The molecular weight excluding hydrogens is 268 g/mol. The van der Waals surface area contributed by atoms with Gasteiger partial charge < -0.3 is 9.47 Å². The number of esters is 1. The maximum atomic E-state index is 11.6. The molecule has 4 nitrogen and oxygen atoms in total. The third-order valence-electron chi connectivity index (χ3n) is 2.31. The van der Waals surface area contributed by atoms with E-state index in [-0.39, 0.29) is 17.6 Å². The van der Waals surface area contributed by atoms with Crippen molar-refractivity contribution in [2.24, 2.45) is 5.41 Å². The molecule has 0 bridgehead atoms. The zero-order valence-corrected chi connectivity index (χ0v) is 12.0. The van der Waals surface area contributed by atoms with Crippen molar-refractivity contribution in [1.29, 1.82) is 0 Å². The van der Waals surface area contributed by atoms with Crippen molar-refractivity contribution < 1.29 is 19.1 Å². The molecule has 104 valence electrons. The first-order valence-electron chi connectivity index (χ1n) is 5.92. The van der Waals surface area contributed by atoms with E-state index in [1.165, 1.54) is 12.1 Å². The highest BCUT2D eigenvalue weighted by Crippen LogP contribution is 2.18. The topological polar surface area (TPSA) is 52.6 Å². The van der Waals surface area contributed by atoms with E-state index in [4.69, 9.17) is 16.3 Å². The van der Waals surface area contributed by atoms with Gasteiger partial charge >= 0.3 is 12.1 Å². The van der Waals surface area contributed by atoms with Crippen molar-refractivity contribution in [3.05, 3.63) is 34.9 Å². The van der Waals surface area contributed by atoms with Crippen molar-refractivity contribution >= 4 is 23.7 Å². The smallest absolute Gasteiger partial charge is 0.434 e. The first kappa shape index (κ1) is 15.5. The number of ether oxygens (including phenoxy) is 2. The van der Waals surface area contributed by atoms with Crippen LogP contribution >= 0.6 is 11.6 Å². The molecule has 0 heterocycles. The normalized spacial score (nSPS) is 10.9. The molecule has 1 aromatic rings. The second-order valence-electron chi connectivity index (χ2n) is 5.31. The Morgan fingerprint density at radius 3 is 2.53 bits per heavy atom. The SMILES string of the molecule is CC(C)(C)CCOC(=O)OC(=O)c1cccc(Cl)c1. The molecule has 0 fully saturated rings. The molecule has 0 aliphatic rings. The van der Waals surface area contributed by atoms with Gasteiger partial charge in [-0.25, -0.2) is 9.59 Å². The van der Waals surface area contributed by atoms with Crippen molar-refractivity contribution in [3.63, 3.8) is 0 Å². The van der Waals surface area contributed by atoms with Crippen LogP contribution in [0, 0.1) is 5.41 Å². The first-order chi connectivity index (χ1) is 8.78. The van der Waals surface area contributed by atoms with Gasteiger partial charge in [0, 0.05) is 5.02 Å². The molecule has 0 aliphatic heterocycles. The Kier molecular flexibility index (Phi) is 5.36. The van der Waals surface area contributed by atoms with E-state index >= 15 is 0 Å². The van der Waals surface area contributed by atoms with Gasteiger partial charge in [0.2, 0.25) is 0 Å². The monoisotopic (exact) mass is 284 g/mol. The summed E-state index contributed by atoms with van der Waals surface area (Å²) in [5.74, 6) is -0.775. The number of carbonyl (C=O) groups excluding carboxylic acids is 2. The summed E-state index contributed by atoms with van der Waals surface area (Å²) in [6.45, 7) is 6.29. The standard InChI is InChI=1S/C14H17ClO4/c1-14(2,3)7-8-18-13(17)19-12(16)10-5-4-6-11(15)9-10/h4-6,9H,7-8H2,1-3H3. The molecule has 0 saturated heterocycles. The molecule has 0 spiro atoms. The third kappa shape index (κ3) is 6.25. The zero-order chi connectivity index (χ0) is 14.5. The molecular formula is C14H17ClO4. The van der Waals surface area contributed by atoms with Crippen molar-refractivity contribution in [3.8, 4) is 0 Å². The van der Waals surface area contributed by atoms with Gasteiger partial charge in [-0.3, -0.25) is 0 Å². The molecule has 0 aromatic heterocycles. The van der Waals surface area contributed by atoms with Crippen LogP contribution in [0.3, 0.4) is 0 Å². The predicted octanol–water partition coefficient (Wildman–Crippen LogP) is 4.07. The van der Waals surface area contributed by atoms with Crippen LogP contribution in [0.15, 0.2) is 24.3 Å². The Balaban J connectivity index is 2.42. The summed E-state index contributed by atoms with van der Waals surface area (Å²) in [7, 11) is 0. The van der Waals surface area contributed by atoms with Crippen molar-refractivity contribution in [2.45, 2.75) is 27.2 Å². The Bertz CT molecular complexity index is 463. The average Bonchev–Trinajstić information content (AvgIpc) is 2.27. The molecule has 1 rings (SSSR count). The molecule has 0 amide bonds. The Hall–Kier alpha value is -1.55. The number of rotatable bonds is 3. The number of halogens is 1. The lowest BCUT2D eigenvalue weighted by atomic mass is 9.93. The lowest BCUT2D eigenvalue weighted by Crippen LogP contribution is -2.17. The van der Waals surface area contributed by atoms with Gasteiger partial charge in [-0.15, -0.1) is 0 Å². The molecule has 0 unspecified atom stereocenters. The van der Waals surface area contributed by atoms with Crippen LogP contribution in [0.2, 0.25) is 5.02 Å². The fourth-order valence-corrected chi connectivity index (χ4v) is 1.41. The Labute approximate surface area is 117 Å². The Morgan fingerprint density at radius 2 is 1.95 bits per heavy atom. The van der Waals surface area contributed by atoms with Gasteiger partial charge in [-0.05, 0) is 30.0 Å². The van der Waals surface area contributed by atoms with E-state index in [2.05, 4.69) is 4.74 Å². The lowest BCUT2D eigenvalue weighted by Gasteiger charge is -2.17. The highest BCUT2D eigenvalue weighted by atomic mass is 35.5. The summed E-state index contributed by atoms with van der Waals surface area (Å²) < 4.78 is 9.37. The largest absolute Gasteiger partial charge is 0.516 e. The molecule has 19 heavy (non-hydrogen) atoms. The van der Waals surface area contributed by atoms with Crippen LogP contribution in [-0.4, -0.2) is 18.7 Å². The average molecular weight is 285 g/mol. The maximum absolute atomic E-state index is 11.6. The van der Waals surface area contributed by atoms with E-state index < -0.39 is 12.1 Å². The summed E-state index contributed by atoms with van der Waals surface area (Å²) in [6, 6.07) is 6.16. The van der Waals surface area contributed by atoms with Gasteiger partial charge in [0.05, 0.1) is 12.2 Å². The van der Waals surface area contributed by atoms with Gasteiger partial charge in [0.1, 0.15) is 0 Å². The van der Waals surface area contributed by atoms with Crippen LogP contribution in [-0.2, 0) is 9.47 Å². The number of carbonyl (C=O) groups is 2. The lowest BCUT2D eigenvalue weighted by molar-refractivity contribution is 0.0357. The van der Waals surface area contributed by atoms with Gasteiger partial charge in [-0.2, -0.15) is 0 Å². The zero-order valence-electron chi connectivity index (χ0n) is 11.2. The summed E-state index contributed by atoms with van der Waals surface area (Å²) in [4.78, 5) is 22.9. The van der Waals surface area contributed by atoms with Gasteiger partial charge in [0.25, 0.3) is 0 Å².